The topological polar surface area (TPSA) is 98.1 Å². The summed E-state index contributed by atoms with van der Waals surface area (Å²) in [6, 6.07) is 14.1. The van der Waals surface area contributed by atoms with E-state index >= 15 is 0 Å². The van der Waals surface area contributed by atoms with Gasteiger partial charge in [-0.1, -0.05) is 23.7 Å². The van der Waals surface area contributed by atoms with E-state index < -0.39 is 13.3 Å². The molecule has 6 nitrogen and oxygen atoms in total. The first-order valence-corrected chi connectivity index (χ1v) is 11.0. The second kappa shape index (κ2) is 7.18. The van der Waals surface area contributed by atoms with Gasteiger partial charge in [0.05, 0.1) is 10.2 Å². The van der Waals surface area contributed by atoms with E-state index in [9.17, 15) is 9.36 Å². The maximum Gasteiger partial charge on any atom is 0.266 e. The third-order valence-corrected chi connectivity index (χ3v) is 8.00. The van der Waals surface area contributed by atoms with Crippen molar-refractivity contribution in [2.75, 3.05) is 7.11 Å². The van der Waals surface area contributed by atoms with E-state index in [0.717, 1.165) is 10.4 Å². The van der Waals surface area contributed by atoms with Gasteiger partial charge in [0, 0.05) is 34.5 Å². The first-order chi connectivity index (χ1) is 13.4. The van der Waals surface area contributed by atoms with Crippen LogP contribution < -0.4 is 16.3 Å². The molecular formula is C19H15ClN3O3PS. The fourth-order valence-corrected chi connectivity index (χ4v) is 6.13. The summed E-state index contributed by atoms with van der Waals surface area (Å²) in [6.45, 7) is 0. The number of amides is 1. The van der Waals surface area contributed by atoms with Crippen LogP contribution >= 0.6 is 30.5 Å². The molecule has 2 heterocycles. The van der Waals surface area contributed by atoms with Crippen molar-refractivity contribution >= 4 is 57.9 Å². The minimum atomic E-state index is -3.65. The van der Waals surface area contributed by atoms with Crippen molar-refractivity contribution in [2.24, 2.45) is 5.73 Å². The number of hydrogen-bond donors (Lipinski definition) is 2. The zero-order valence-electron chi connectivity index (χ0n) is 14.7. The van der Waals surface area contributed by atoms with Crippen LogP contribution in [0.1, 0.15) is 10.5 Å². The zero-order valence-corrected chi connectivity index (χ0v) is 17.1. The highest BCUT2D eigenvalue weighted by molar-refractivity contribution is 7.75. The molecule has 0 aliphatic carbocycles. The van der Waals surface area contributed by atoms with E-state index in [2.05, 4.69) is 9.36 Å². The molecule has 2 aromatic heterocycles. The average molecular weight is 432 g/mol. The smallest absolute Gasteiger partial charge is 0.266 e. The predicted molar refractivity (Wildman–Crippen MR) is 113 cm³/mol. The standard InChI is InChI=1S/C19H15ClN3O3PS/c1-26-27(25,13-4-2-3-11(9-13)16-7-8-22-28-16)18-14-10-12(20)5-6-15(14)23-17(18)19(21)24/h2-10,23H,1H3,(H2,21,24). The van der Waals surface area contributed by atoms with Gasteiger partial charge in [0.1, 0.15) is 5.69 Å². The highest BCUT2D eigenvalue weighted by atomic mass is 35.5. The molecule has 0 radical (unpaired) electrons. The molecule has 0 saturated carbocycles. The van der Waals surface area contributed by atoms with E-state index in [-0.39, 0.29) is 11.0 Å². The van der Waals surface area contributed by atoms with Gasteiger partial charge < -0.3 is 15.2 Å². The second-order valence-corrected chi connectivity index (χ2v) is 9.77. The normalized spacial score (nSPS) is 13.5. The van der Waals surface area contributed by atoms with Crippen LogP contribution in [-0.4, -0.2) is 22.4 Å². The number of carbonyl (C=O) groups excluding carboxylic acids is 1. The van der Waals surface area contributed by atoms with Crippen LogP contribution in [0.5, 0.6) is 0 Å². The van der Waals surface area contributed by atoms with E-state index in [0.29, 0.717) is 21.2 Å². The molecule has 0 aliphatic rings. The number of aromatic amines is 1. The molecular weight excluding hydrogens is 417 g/mol. The summed E-state index contributed by atoms with van der Waals surface area (Å²) >= 11 is 7.48. The number of carbonyl (C=O) groups is 1. The lowest BCUT2D eigenvalue weighted by Gasteiger charge is -2.18. The SMILES string of the molecule is COP(=O)(c1cccc(-c2ccns2)c1)c1c(C(N)=O)[nH]c2ccc(Cl)cc12. The van der Waals surface area contributed by atoms with E-state index in [4.69, 9.17) is 21.9 Å². The minimum Gasteiger partial charge on any atom is -0.364 e. The van der Waals surface area contributed by atoms with Crippen molar-refractivity contribution in [3.8, 4) is 10.4 Å². The summed E-state index contributed by atoms with van der Waals surface area (Å²) in [5.41, 5.74) is 7.07. The highest BCUT2D eigenvalue weighted by Crippen LogP contribution is 2.47. The van der Waals surface area contributed by atoms with E-state index in [1.807, 2.05) is 12.1 Å². The number of nitrogens with one attached hydrogen (secondary N) is 1. The van der Waals surface area contributed by atoms with Crippen molar-refractivity contribution < 1.29 is 13.9 Å². The molecule has 3 N–H and O–H groups in total. The number of hydrogen-bond acceptors (Lipinski definition) is 5. The van der Waals surface area contributed by atoms with Gasteiger partial charge in [0.25, 0.3) is 13.3 Å². The van der Waals surface area contributed by atoms with Crippen LogP contribution in [0.3, 0.4) is 0 Å². The van der Waals surface area contributed by atoms with Crippen LogP contribution in [0.2, 0.25) is 5.02 Å². The molecule has 0 fully saturated rings. The van der Waals surface area contributed by atoms with Crippen molar-refractivity contribution in [1.29, 1.82) is 0 Å². The lowest BCUT2D eigenvalue weighted by molar-refractivity contribution is 0.0997. The predicted octanol–water partition coefficient (Wildman–Crippen LogP) is 3.92. The highest BCUT2D eigenvalue weighted by Gasteiger charge is 2.35. The van der Waals surface area contributed by atoms with Crippen LogP contribution in [0.4, 0.5) is 0 Å². The molecule has 2 aromatic carbocycles. The van der Waals surface area contributed by atoms with Gasteiger partial charge in [-0.3, -0.25) is 9.36 Å². The quantitative estimate of drug-likeness (QED) is 0.468. The number of benzene rings is 2. The number of nitrogens with zero attached hydrogens (tertiary/aromatic N) is 1. The molecule has 4 rings (SSSR count). The van der Waals surface area contributed by atoms with Crippen molar-refractivity contribution in [2.45, 2.75) is 0 Å². The molecule has 4 aromatic rings. The number of primary amides is 1. The number of nitrogens with two attached hydrogens (primary N) is 1. The molecule has 0 spiro atoms. The van der Waals surface area contributed by atoms with Crippen LogP contribution in [-0.2, 0) is 9.09 Å². The first kappa shape index (κ1) is 18.9. The fourth-order valence-electron chi connectivity index (χ4n) is 3.17. The fraction of sp³-hybridized carbons (Fsp3) is 0.0526. The third-order valence-electron chi connectivity index (χ3n) is 4.44. The summed E-state index contributed by atoms with van der Waals surface area (Å²) in [5.74, 6) is -0.724. The van der Waals surface area contributed by atoms with Crippen molar-refractivity contribution in [3.63, 3.8) is 0 Å². The summed E-state index contributed by atoms with van der Waals surface area (Å²) in [7, 11) is -2.29. The van der Waals surface area contributed by atoms with Gasteiger partial charge in [-0.2, -0.15) is 0 Å². The molecule has 142 valence electrons. The van der Waals surface area contributed by atoms with Crippen LogP contribution in [0, 0.1) is 0 Å². The summed E-state index contributed by atoms with van der Waals surface area (Å²) in [6.07, 6.45) is 1.70. The summed E-state index contributed by atoms with van der Waals surface area (Å²) in [5, 5.41) is 1.66. The molecule has 0 bridgehead atoms. The minimum absolute atomic E-state index is 0.0469. The molecule has 9 heteroatoms. The van der Waals surface area contributed by atoms with Gasteiger partial charge in [-0.15, -0.1) is 0 Å². The Bertz CT molecular complexity index is 1240. The number of rotatable bonds is 5. The summed E-state index contributed by atoms with van der Waals surface area (Å²) in [4.78, 5) is 16.0. The van der Waals surface area contributed by atoms with Crippen LogP contribution in [0.25, 0.3) is 21.3 Å². The number of H-pyrrole nitrogens is 1. The Balaban J connectivity index is 2.00. The number of halogens is 1. The lowest BCUT2D eigenvalue weighted by atomic mass is 10.2. The average Bonchev–Trinajstić information content (AvgIpc) is 3.35. The Kier molecular flexibility index (Phi) is 4.85. The maximum atomic E-state index is 14.1. The largest absolute Gasteiger partial charge is 0.364 e. The molecule has 28 heavy (non-hydrogen) atoms. The lowest BCUT2D eigenvalue weighted by Crippen LogP contribution is -2.25. The Labute approximate surface area is 169 Å². The zero-order chi connectivity index (χ0) is 19.9. The molecule has 0 saturated heterocycles. The van der Waals surface area contributed by atoms with Gasteiger partial charge >= 0.3 is 0 Å². The van der Waals surface area contributed by atoms with Gasteiger partial charge in [0.2, 0.25) is 0 Å². The number of fused-ring (bicyclic) bond motifs is 1. The molecule has 0 aliphatic heterocycles. The first-order valence-electron chi connectivity index (χ1n) is 8.23. The van der Waals surface area contributed by atoms with Gasteiger partial charge in [0.15, 0.2) is 0 Å². The third kappa shape index (κ3) is 3.06. The van der Waals surface area contributed by atoms with Gasteiger partial charge in [-0.05, 0) is 53.5 Å². The van der Waals surface area contributed by atoms with Gasteiger partial charge in [-0.25, -0.2) is 4.37 Å². The Morgan fingerprint density at radius 1 is 1.25 bits per heavy atom. The van der Waals surface area contributed by atoms with Crippen molar-refractivity contribution in [1.82, 2.24) is 9.36 Å². The molecule has 1 amide bonds. The Morgan fingerprint density at radius 2 is 2.07 bits per heavy atom. The van der Waals surface area contributed by atoms with Crippen molar-refractivity contribution in [3.05, 3.63) is 65.4 Å². The molecule has 1 atom stereocenters. The summed E-state index contributed by atoms with van der Waals surface area (Å²) < 4.78 is 23.8. The number of aromatic nitrogens is 2. The van der Waals surface area contributed by atoms with E-state index in [1.165, 1.54) is 18.6 Å². The van der Waals surface area contributed by atoms with E-state index in [1.54, 1.807) is 42.6 Å². The maximum absolute atomic E-state index is 14.1. The Hall–Kier alpha value is -2.44. The van der Waals surface area contributed by atoms with Crippen LogP contribution in [0.15, 0.2) is 54.7 Å². The monoisotopic (exact) mass is 431 g/mol. The molecule has 1 unspecified atom stereocenters. The Morgan fingerprint density at radius 3 is 2.75 bits per heavy atom. The second-order valence-electron chi connectivity index (χ2n) is 6.06.